The van der Waals surface area contributed by atoms with E-state index < -0.39 is 23.8 Å². The highest BCUT2D eigenvalue weighted by molar-refractivity contribution is 7.13. The van der Waals surface area contributed by atoms with E-state index in [4.69, 9.17) is 14.9 Å². The molecule has 5 rings (SSSR count). The maximum absolute atomic E-state index is 13.2. The number of amides is 1. The molecule has 1 aromatic carbocycles. The van der Waals surface area contributed by atoms with Crippen LogP contribution in [0, 0.1) is 0 Å². The number of fused-ring (bicyclic) bond motifs is 1. The number of anilines is 1. The van der Waals surface area contributed by atoms with Crippen LogP contribution in [0.4, 0.5) is 18.3 Å². The zero-order valence-electron chi connectivity index (χ0n) is 19.0. The van der Waals surface area contributed by atoms with Gasteiger partial charge in [-0.15, -0.1) is 10.2 Å². The minimum Gasteiger partial charge on any atom is -0.494 e. The van der Waals surface area contributed by atoms with Crippen molar-refractivity contribution in [2.24, 2.45) is 5.73 Å². The molecule has 14 heteroatoms. The number of alkyl halides is 3. The van der Waals surface area contributed by atoms with Crippen LogP contribution in [0.15, 0.2) is 34.2 Å². The fourth-order valence-electron chi connectivity index (χ4n) is 3.90. The number of nitrogens with two attached hydrogens (primary N) is 1. The number of hydrogen-bond acceptors (Lipinski definition) is 10. The van der Waals surface area contributed by atoms with Gasteiger partial charge in [-0.25, -0.2) is 9.97 Å². The predicted molar refractivity (Wildman–Crippen MR) is 125 cm³/mol. The summed E-state index contributed by atoms with van der Waals surface area (Å²) in [6.45, 7) is 2.77. The minimum absolute atomic E-state index is 0.0115. The van der Waals surface area contributed by atoms with Crippen molar-refractivity contribution >= 4 is 33.3 Å². The Morgan fingerprint density at radius 3 is 2.69 bits per heavy atom. The Kier molecular flexibility index (Phi) is 6.00. The topological polar surface area (TPSA) is 132 Å². The largest absolute Gasteiger partial charge is 0.494 e. The number of carbonyl (C=O) groups is 1. The third kappa shape index (κ3) is 4.33. The van der Waals surface area contributed by atoms with E-state index in [1.807, 2.05) is 4.90 Å². The molecule has 1 saturated heterocycles. The Bertz CT molecular complexity index is 1420. The van der Waals surface area contributed by atoms with Gasteiger partial charge in [0.05, 0.1) is 19.2 Å². The number of pyridine rings is 1. The lowest BCUT2D eigenvalue weighted by Crippen LogP contribution is -2.59. The Morgan fingerprint density at radius 1 is 1.28 bits per heavy atom. The van der Waals surface area contributed by atoms with Crippen LogP contribution in [-0.2, 0) is 6.18 Å². The van der Waals surface area contributed by atoms with Gasteiger partial charge in [-0.3, -0.25) is 4.79 Å². The second-order valence-corrected chi connectivity index (χ2v) is 9.03. The van der Waals surface area contributed by atoms with E-state index >= 15 is 0 Å². The summed E-state index contributed by atoms with van der Waals surface area (Å²) < 4.78 is 50.8. The van der Waals surface area contributed by atoms with Gasteiger partial charge < -0.3 is 25.1 Å². The van der Waals surface area contributed by atoms with Gasteiger partial charge >= 0.3 is 6.18 Å². The maximum Gasteiger partial charge on any atom is 0.433 e. The molecule has 10 nitrogen and oxygen atoms in total. The minimum atomic E-state index is -4.63. The van der Waals surface area contributed by atoms with Crippen molar-refractivity contribution < 1.29 is 27.1 Å². The summed E-state index contributed by atoms with van der Waals surface area (Å²) in [6, 6.07) is 4.40. The lowest BCUT2D eigenvalue weighted by atomic mass is 10.1. The van der Waals surface area contributed by atoms with E-state index in [1.165, 1.54) is 30.6 Å². The van der Waals surface area contributed by atoms with E-state index in [-0.39, 0.29) is 34.7 Å². The molecule has 0 saturated carbocycles. The number of halogens is 3. The summed E-state index contributed by atoms with van der Waals surface area (Å²) in [5.41, 5.74) is 6.96. The van der Waals surface area contributed by atoms with Gasteiger partial charge in [0.25, 0.3) is 5.91 Å². The highest BCUT2D eigenvalue weighted by Crippen LogP contribution is 2.37. The summed E-state index contributed by atoms with van der Waals surface area (Å²) in [5.74, 6) is -0.117. The van der Waals surface area contributed by atoms with E-state index in [0.29, 0.717) is 24.0 Å². The highest BCUT2D eigenvalue weighted by atomic mass is 32.1. The molecule has 36 heavy (non-hydrogen) atoms. The fourth-order valence-corrected chi connectivity index (χ4v) is 4.49. The Hall–Kier alpha value is -3.78. The van der Waals surface area contributed by atoms with Crippen molar-refractivity contribution in [3.05, 3.63) is 46.9 Å². The van der Waals surface area contributed by atoms with Crippen molar-refractivity contribution in [2.75, 3.05) is 25.1 Å². The monoisotopic (exact) mass is 519 g/mol. The molecule has 0 aliphatic carbocycles. The Balaban J connectivity index is 1.46. The average molecular weight is 520 g/mol. The molecular formula is C22H20F3N7O3S. The van der Waals surface area contributed by atoms with E-state index in [1.54, 1.807) is 18.5 Å². The van der Waals surface area contributed by atoms with Gasteiger partial charge in [0.2, 0.25) is 11.0 Å². The maximum atomic E-state index is 13.2. The van der Waals surface area contributed by atoms with Gasteiger partial charge in [-0.2, -0.15) is 13.2 Å². The summed E-state index contributed by atoms with van der Waals surface area (Å²) >= 11 is 1.41. The zero-order valence-corrected chi connectivity index (χ0v) is 19.9. The number of nitrogens with zero attached hydrogens (tertiary/aromatic N) is 5. The molecule has 0 spiro atoms. The Morgan fingerprint density at radius 2 is 2.06 bits per heavy atom. The van der Waals surface area contributed by atoms with E-state index in [9.17, 15) is 18.0 Å². The number of oxazole rings is 1. The third-order valence-electron chi connectivity index (χ3n) is 5.68. The van der Waals surface area contributed by atoms with Crippen LogP contribution >= 0.6 is 11.3 Å². The second kappa shape index (κ2) is 9.02. The van der Waals surface area contributed by atoms with Crippen LogP contribution in [0.2, 0.25) is 0 Å². The Labute approximate surface area is 206 Å². The summed E-state index contributed by atoms with van der Waals surface area (Å²) in [7, 11) is 1.34. The van der Waals surface area contributed by atoms with Crippen LogP contribution in [0.25, 0.3) is 22.4 Å². The van der Waals surface area contributed by atoms with Crippen molar-refractivity contribution in [1.82, 2.24) is 25.5 Å². The number of aromatic nitrogens is 4. The lowest BCUT2D eigenvalue weighted by Gasteiger charge is -2.38. The lowest BCUT2D eigenvalue weighted by molar-refractivity contribution is -0.140. The average Bonchev–Trinajstić information content (AvgIpc) is 3.49. The molecule has 0 unspecified atom stereocenters. The second-order valence-electron chi connectivity index (χ2n) is 8.22. The summed E-state index contributed by atoms with van der Waals surface area (Å²) in [6.07, 6.45) is -4.63. The number of nitrogens with one attached hydrogen (secondary N) is 1. The van der Waals surface area contributed by atoms with E-state index in [2.05, 4.69) is 25.5 Å². The van der Waals surface area contributed by atoms with E-state index in [0.717, 1.165) is 11.2 Å². The fraction of sp³-hybridized carbons (Fsp3) is 0.318. The number of hydrogen-bond donors (Lipinski definition) is 2. The number of methoxy groups -OCH3 is 1. The van der Waals surface area contributed by atoms with Crippen molar-refractivity contribution in [1.29, 1.82) is 0 Å². The zero-order chi connectivity index (χ0) is 25.6. The van der Waals surface area contributed by atoms with Crippen molar-refractivity contribution in [3.63, 3.8) is 0 Å². The van der Waals surface area contributed by atoms with Gasteiger partial charge in [0.15, 0.2) is 11.5 Å². The van der Waals surface area contributed by atoms with Crippen LogP contribution in [0.5, 0.6) is 5.75 Å². The predicted octanol–water partition coefficient (Wildman–Crippen LogP) is 3.41. The van der Waals surface area contributed by atoms with Gasteiger partial charge in [-0.05, 0) is 31.2 Å². The van der Waals surface area contributed by atoms with Crippen molar-refractivity contribution in [3.8, 4) is 17.2 Å². The molecule has 3 N–H and O–H groups in total. The van der Waals surface area contributed by atoms with Crippen LogP contribution in [0.3, 0.4) is 0 Å². The number of benzene rings is 1. The molecule has 188 valence electrons. The summed E-state index contributed by atoms with van der Waals surface area (Å²) in [5, 5.41) is 11.8. The number of rotatable bonds is 6. The molecular weight excluding hydrogens is 499 g/mol. The molecule has 1 atom stereocenters. The normalized spacial score (nSPS) is 15.1. The first kappa shape index (κ1) is 23.9. The molecule has 1 amide bonds. The first-order chi connectivity index (χ1) is 17.2. The quantitative estimate of drug-likeness (QED) is 0.393. The number of carbonyl (C=O) groups excluding carboxylic acids is 1. The standard InChI is InChI=1S/C22H20F3N7O3S/c1-10(26)18-17(19(33)28-11-7-32(8-11)21-31-27-9-36-21)30-20(35-18)13-3-5-14(34-2)16-12(13)4-6-15(29-16)22(23,24)25/h3-6,9-11H,7-8,26H2,1-2H3,(H,28,33)/t10-/m0/s1. The van der Waals surface area contributed by atoms with Gasteiger partial charge in [0.1, 0.15) is 22.5 Å². The molecule has 1 aliphatic rings. The summed E-state index contributed by atoms with van der Waals surface area (Å²) in [4.78, 5) is 23.1. The molecule has 1 fully saturated rings. The molecule has 0 radical (unpaired) electrons. The molecule has 4 aromatic rings. The van der Waals surface area contributed by atoms with Gasteiger partial charge in [0, 0.05) is 24.0 Å². The SMILES string of the molecule is COc1ccc(-c2nc(C(=O)NC3CN(c4nncs4)C3)c([C@H](C)N)o2)c2ccc(C(F)(F)F)nc12. The highest BCUT2D eigenvalue weighted by Gasteiger charge is 2.34. The molecule has 4 heterocycles. The molecule has 3 aromatic heterocycles. The molecule has 1 aliphatic heterocycles. The smallest absolute Gasteiger partial charge is 0.433 e. The molecule has 0 bridgehead atoms. The van der Waals surface area contributed by atoms with Gasteiger partial charge in [-0.1, -0.05) is 11.3 Å². The van der Waals surface area contributed by atoms with Crippen LogP contribution in [-0.4, -0.2) is 52.3 Å². The first-order valence-electron chi connectivity index (χ1n) is 10.8. The number of ether oxygens (including phenoxy) is 1. The van der Waals surface area contributed by atoms with Crippen molar-refractivity contribution in [2.45, 2.75) is 25.2 Å². The first-order valence-corrected chi connectivity index (χ1v) is 11.7. The third-order valence-corrected chi connectivity index (χ3v) is 6.43. The van der Waals surface area contributed by atoms with Crippen LogP contribution < -0.4 is 20.7 Å². The van der Waals surface area contributed by atoms with Crippen LogP contribution in [0.1, 0.15) is 34.9 Å².